The van der Waals surface area contributed by atoms with Gasteiger partial charge < -0.3 is 0 Å². The van der Waals surface area contributed by atoms with Crippen LogP contribution in [0.1, 0.15) is 43.7 Å². The summed E-state index contributed by atoms with van der Waals surface area (Å²) < 4.78 is 16.0. The second-order valence-electron chi connectivity index (χ2n) is 6.20. The van der Waals surface area contributed by atoms with Crippen LogP contribution in [0.25, 0.3) is 11.4 Å². The van der Waals surface area contributed by atoms with Crippen LogP contribution in [-0.2, 0) is 12.2 Å². The average molecular weight is 376 g/mol. The molecule has 0 radical (unpaired) electrons. The molecule has 25 heavy (non-hydrogen) atoms. The van der Waals surface area contributed by atoms with Crippen molar-refractivity contribution >= 4 is 23.1 Å². The molecular weight excluding hydrogens is 353 g/mol. The van der Waals surface area contributed by atoms with Gasteiger partial charge in [-0.1, -0.05) is 43.3 Å². The van der Waals surface area contributed by atoms with Crippen LogP contribution in [-0.4, -0.2) is 14.8 Å². The van der Waals surface area contributed by atoms with Crippen LogP contribution in [0.5, 0.6) is 0 Å². The minimum atomic E-state index is -0.173. The highest BCUT2D eigenvalue weighted by Crippen LogP contribution is 2.32. The van der Waals surface area contributed by atoms with Gasteiger partial charge in [0.15, 0.2) is 11.0 Å². The van der Waals surface area contributed by atoms with Crippen LogP contribution in [0.15, 0.2) is 40.9 Å². The standard InChI is InChI=1S/C19H22FN3S2/c1-4-7-16-10-15(12-24-16)18-21-22-19(23(18)13(2)3)25-11-14-8-5-6-9-17(14)20/h5-6,8-10,12-13H,4,7,11H2,1-3H3. The quantitative estimate of drug-likeness (QED) is 0.477. The fraction of sp³-hybridized carbons (Fsp3) is 0.368. The van der Waals surface area contributed by atoms with Crippen LogP contribution in [0.4, 0.5) is 4.39 Å². The van der Waals surface area contributed by atoms with Crippen LogP contribution >= 0.6 is 23.1 Å². The summed E-state index contributed by atoms with van der Waals surface area (Å²) in [5, 5.41) is 11.8. The van der Waals surface area contributed by atoms with Crippen molar-refractivity contribution in [3.05, 3.63) is 52.0 Å². The highest BCUT2D eigenvalue weighted by molar-refractivity contribution is 7.98. The number of aromatic nitrogens is 3. The molecule has 0 N–H and O–H groups in total. The number of hydrogen-bond donors (Lipinski definition) is 0. The van der Waals surface area contributed by atoms with E-state index in [-0.39, 0.29) is 11.9 Å². The summed E-state index contributed by atoms with van der Waals surface area (Å²) in [6, 6.07) is 9.33. The Morgan fingerprint density at radius 2 is 2.04 bits per heavy atom. The van der Waals surface area contributed by atoms with E-state index in [1.807, 2.05) is 12.1 Å². The number of aryl methyl sites for hydroxylation is 1. The lowest BCUT2D eigenvalue weighted by Crippen LogP contribution is -2.05. The molecule has 0 fully saturated rings. The number of thioether (sulfide) groups is 1. The van der Waals surface area contributed by atoms with Crippen molar-refractivity contribution in [3.8, 4) is 11.4 Å². The molecule has 1 aromatic carbocycles. The third-order valence-electron chi connectivity index (χ3n) is 3.90. The summed E-state index contributed by atoms with van der Waals surface area (Å²) in [7, 11) is 0. The summed E-state index contributed by atoms with van der Waals surface area (Å²) in [5.41, 5.74) is 1.81. The van der Waals surface area contributed by atoms with Crippen molar-refractivity contribution in [2.45, 2.75) is 50.6 Å². The van der Waals surface area contributed by atoms with E-state index in [1.54, 1.807) is 17.4 Å². The highest BCUT2D eigenvalue weighted by atomic mass is 32.2. The molecule has 0 atom stereocenters. The Balaban J connectivity index is 1.85. The lowest BCUT2D eigenvalue weighted by atomic mass is 10.2. The van der Waals surface area contributed by atoms with Crippen molar-refractivity contribution in [2.75, 3.05) is 0 Å². The van der Waals surface area contributed by atoms with Crippen molar-refractivity contribution in [3.63, 3.8) is 0 Å². The van der Waals surface area contributed by atoms with Gasteiger partial charge in [0, 0.05) is 27.6 Å². The molecule has 6 heteroatoms. The maximum atomic E-state index is 13.8. The minimum absolute atomic E-state index is 0.173. The van der Waals surface area contributed by atoms with E-state index in [4.69, 9.17) is 0 Å². The van der Waals surface area contributed by atoms with Crippen LogP contribution in [0.3, 0.4) is 0 Å². The third kappa shape index (κ3) is 4.12. The predicted molar refractivity (Wildman–Crippen MR) is 104 cm³/mol. The summed E-state index contributed by atoms with van der Waals surface area (Å²) in [5.74, 6) is 1.26. The molecule has 0 amide bonds. The first-order valence-corrected chi connectivity index (χ1v) is 10.4. The van der Waals surface area contributed by atoms with Gasteiger partial charge in [-0.25, -0.2) is 4.39 Å². The molecule has 3 aromatic rings. The zero-order valence-corrected chi connectivity index (χ0v) is 16.3. The van der Waals surface area contributed by atoms with Gasteiger partial charge in [-0.3, -0.25) is 4.57 Å². The van der Waals surface area contributed by atoms with E-state index in [0.717, 1.165) is 29.4 Å². The highest BCUT2D eigenvalue weighted by Gasteiger charge is 2.18. The maximum Gasteiger partial charge on any atom is 0.192 e. The average Bonchev–Trinajstić information content (AvgIpc) is 3.21. The first-order chi connectivity index (χ1) is 12.1. The number of halogens is 1. The number of nitrogens with zero attached hydrogens (tertiary/aromatic N) is 3. The summed E-state index contributed by atoms with van der Waals surface area (Å²) in [4.78, 5) is 1.37. The number of rotatable bonds is 7. The molecule has 0 bridgehead atoms. The molecule has 0 saturated carbocycles. The van der Waals surface area contributed by atoms with Gasteiger partial charge in [-0.05, 0) is 38.0 Å². The fourth-order valence-electron chi connectivity index (χ4n) is 2.67. The topological polar surface area (TPSA) is 30.7 Å². The molecule has 0 spiro atoms. The maximum absolute atomic E-state index is 13.8. The Morgan fingerprint density at radius 1 is 1.24 bits per heavy atom. The lowest BCUT2D eigenvalue weighted by Gasteiger charge is -2.13. The van der Waals surface area contributed by atoms with E-state index in [0.29, 0.717) is 11.3 Å². The second kappa shape index (κ2) is 8.15. The van der Waals surface area contributed by atoms with Crippen molar-refractivity contribution in [1.82, 2.24) is 14.8 Å². The zero-order valence-electron chi connectivity index (χ0n) is 14.7. The largest absolute Gasteiger partial charge is 0.299 e. The first-order valence-electron chi connectivity index (χ1n) is 8.49. The smallest absolute Gasteiger partial charge is 0.192 e. The van der Waals surface area contributed by atoms with Gasteiger partial charge in [0.2, 0.25) is 0 Å². The van der Waals surface area contributed by atoms with Crippen LogP contribution in [0, 0.1) is 5.82 Å². The van der Waals surface area contributed by atoms with Crippen LogP contribution in [0.2, 0.25) is 0 Å². The molecule has 3 rings (SSSR count). The Hall–Kier alpha value is -1.66. The van der Waals surface area contributed by atoms with Gasteiger partial charge in [0.25, 0.3) is 0 Å². The predicted octanol–water partition coefficient (Wildman–Crippen LogP) is 5.97. The Labute approximate surface area is 156 Å². The van der Waals surface area contributed by atoms with Gasteiger partial charge in [0.05, 0.1) is 0 Å². The van der Waals surface area contributed by atoms with Crippen molar-refractivity contribution < 1.29 is 4.39 Å². The summed E-state index contributed by atoms with van der Waals surface area (Å²) in [6.45, 7) is 6.44. The molecule has 0 aliphatic rings. The van der Waals surface area contributed by atoms with Gasteiger partial charge >= 0.3 is 0 Å². The minimum Gasteiger partial charge on any atom is -0.299 e. The van der Waals surface area contributed by atoms with Gasteiger partial charge in [0.1, 0.15) is 5.82 Å². The Kier molecular flexibility index (Phi) is 5.91. The molecular formula is C19H22FN3S2. The molecule has 0 aliphatic heterocycles. The van der Waals surface area contributed by atoms with Gasteiger partial charge in [-0.2, -0.15) is 0 Å². The SMILES string of the molecule is CCCc1cc(-c2nnc(SCc3ccccc3F)n2C(C)C)cs1. The lowest BCUT2D eigenvalue weighted by molar-refractivity contribution is 0.555. The van der Waals surface area contributed by atoms with E-state index in [1.165, 1.54) is 22.7 Å². The van der Waals surface area contributed by atoms with E-state index in [9.17, 15) is 4.39 Å². The number of hydrogen-bond acceptors (Lipinski definition) is 4. The summed E-state index contributed by atoms with van der Waals surface area (Å²) in [6.07, 6.45) is 2.23. The Bertz CT molecular complexity index is 839. The zero-order chi connectivity index (χ0) is 17.8. The van der Waals surface area contributed by atoms with E-state index in [2.05, 4.69) is 47.0 Å². The van der Waals surface area contributed by atoms with E-state index < -0.39 is 0 Å². The Morgan fingerprint density at radius 3 is 2.76 bits per heavy atom. The molecule has 0 unspecified atom stereocenters. The molecule has 3 nitrogen and oxygen atoms in total. The fourth-order valence-corrected chi connectivity index (χ4v) is 4.69. The normalized spacial score (nSPS) is 11.4. The molecule has 132 valence electrons. The van der Waals surface area contributed by atoms with Crippen LogP contribution < -0.4 is 0 Å². The second-order valence-corrected chi connectivity index (χ2v) is 8.14. The molecule has 0 aliphatic carbocycles. The first kappa shape index (κ1) is 18.1. The van der Waals surface area contributed by atoms with Gasteiger partial charge in [-0.15, -0.1) is 21.5 Å². The number of benzene rings is 1. The summed E-state index contributed by atoms with van der Waals surface area (Å²) >= 11 is 3.30. The van der Waals surface area contributed by atoms with E-state index >= 15 is 0 Å². The number of thiophene rings is 1. The van der Waals surface area contributed by atoms with Crippen molar-refractivity contribution in [1.29, 1.82) is 0 Å². The van der Waals surface area contributed by atoms with Crippen molar-refractivity contribution in [2.24, 2.45) is 0 Å². The molecule has 2 heterocycles. The monoisotopic (exact) mass is 375 g/mol. The molecule has 0 saturated heterocycles. The third-order valence-corrected chi connectivity index (χ3v) is 5.89. The molecule has 2 aromatic heterocycles.